The fraction of sp³-hybridized carbons (Fsp3) is 0.500. The summed E-state index contributed by atoms with van der Waals surface area (Å²) in [5, 5.41) is 10.0. The summed E-state index contributed by atoms with van der Waals surface area (Å²) in [5.74, 6) is 0. The van der Waals surface area contributed by atoms with Crippen molar-refractivity contribution in [2.45, 2.75) is 26.8 Å². The molecule has 2 aromatic rings. The molecule has 0 aliphatic carbocycles. The van der Waals surface area contributed by atoms with Gasteiger partial charge in [-0.15, -0.1) is 0 Å². The minimum atomic E-state index is -0.881. The van der Waals surface area contributed by atoms with E-state index < -0.39 is 6.09 Å². The normalized spacial score (nSPS) is 19.4. The van der Waals surface area contributed by atoms with Crippen LogP contribution in [0.3, 0.4) is 0 Å². The van der Waals surface area contributed by atoms with Crippen molar-refractivity contribution in [2.24, 2.45) is 5.41 Å². The maximum atomic E-state index is 11.5. The van der Waals surface area contributed by atoms with Crippen molar-refractivity contribution < 1.29 is 14.3 Å². The van der Waals surface area contributed by atoms with E-state index in [0.29, 0.717) is 41.8 Å². The van der Waals surface area contributed by atoms with Crippen LogP contribution in [0.15, 0.2) is 22.6 Å². The van der Waals surface area contributed by atoms with Crippen LogP contribution in [0.2, 0.25) is 5.02 Å². The summed E-state index contributed by atoms with van der Waals surface area (Å²) < 4.78 is 5.81. The number of hydrogen-bond donors (Lipinski definition) is 1. The van der Waals surface area contributed by atoms with Crippen molar-refractivity contribution in [3.05, 3.63) is 23.2 Å². The summed E-state index contributed by atoms with van der Waals surface area (Å²) in [5.41, 5.74) is 1.21. The van der Waals surface area contributed by atoms with Gasteiger partial charge in [0, 0.05) is 24.7 Å². The Balaban J connectivity index is 1.89. The van der Waals surface area contributed by atoms with E-state index in [4.69, 9.17) is 16.0 Å². The third-order valence-corrected chi connectivity index (χ3v) is 4.47. The Morgan fingerprint density at radius 1 is 1.39 bits per heavy atom. The molecule has 1 fully saturated rings. The molecule has 0 bridgehead atoms. The number of halogens is 1. The van der Waals surface area contributed by atoms with E-state index in [1.165, 1.54) is 4.90 Å². The number of hydrogen-bond acceptors (Lipinski definition) is 4. The molecule has 1 aromatic heterocycles. The smallest absolute Gasteiger partial charge is 0.407 e. The number of oxazole rings is 1. The van der Waals surface area contributed by atoms with E-state index in [1.807, 2.05) is 25.7 Å². The zero-order valence-corrected chi connectivity index (χ0v) is 14.2. The predicted octanol–water partition coefficient (Wildman–Crippen LogP) is 3.70. The van der Waals surface area contributed by atoms with Gasteiger partial charge in [-0.05, 0) is 23.6 Å². The van der Waals surface area contributed by atoms with E-state index in [1.54, 1.807) is 18.2 Å². The molecular weight excluding hydrogens is 318 g/mol. The van der Waals surface area contributed by atoms with Crippen LogP contribution in [0.1, 0.15) is 20.8 Å². The number of aromatic nitrogens is 1. The lowest BCUT2D eigenvalue weighted by Crippen LogP contribution is -2.59. The third kappa shape index (κ3) is 3.08. The molecule has 1 unspecified atom stereocenters. The first-order valence-electron chi connectivity index (χ1n) is 7.56. The number of nitrogens with zero attached hydrogens (tertiary/aromatic N) is 3. The van der Waals surface area contributed by atoms with E-state index in [9.17, 15) is 9.90 Å². The first-order valence-corrected chi connectivity index (χ1v) is 7.94. The average molecular weight is 338 g/mol. The number of anilines is 1. The molecule has 3 rings (SSSR count). The first-order chi connectivity index (χ1) is 10.8. The molecule has 1 aliphatic rings. The Labute approximate surface area is 139 Å². The standard InChI is InChI=1S/C16H20ClN3O3/c1-16(2,3)13-9-19(6-7-20(13)15(21)22)14-18-11-8-10(17)4-5-12(11)23-14/h4-5,8,13H,6-7,9H2,1-3H3,(H,21,22). The summed E-state index contributed by atoms with van der Waals surface area (Å²) in [6.45, 7) is 7.67. The zero-order chi connectivity index (χ0) is 16.8. The lowest BCUT2D eigenvalue weighted by atomic mass is 9.84. The lowest BCUT2D eigenvalue weighted by Gasteiger charge is -2.45. The second-order valence-electron chi connectivity index (χ2n) is 6.91. The van der Waals surface area contributed by atoms with Crippen LogP contribution in [-0.2, 0) is 0 Å². The molecule has 23 heavy (non-hydrogen) atoms. The van der Waals surface area contributed by atoms with E-state index in [-0.39, 0.29) is 11.5 Å². The van der Waals surface area contributed by atoms with Crippen LogP contribution in [0, 0.1) is 5.41 Å². The van der Waals surface area contributed by atoms with Crippen molar-refractivity contribution in [1.29, 1.82) is 0 Å². The molecule has 0 spiro atoms. The molecule has 1 N–H and O–H groups in total. The van der Waals surface area contributed by atoms with Gasteiger partial charge in [0.1, 0.15) is 5.52 Å². The Bertz CT molecular complexity index is 738. The highest BCUT2D eigenvalue weighted by atomic mass is 35.5. The Morgan fingerprint density at radius 2 is 2.13 bits per heavy atom. The van der Waals surface area contributed by atoms with Gasteiger partial charge in [0.15, 0.2) is 5.58 Å². The van der Waals surface area contributed by atoms with Crippen molar-refractivity contribution in [3.63, 3.8) is 0 Å². The quantitative estimate of drug-likeness (QED) is 0.859. The van der Waals surface area contributed by atoms with Gasteiger partial charge in [-0.1, -0.05) is 32.4 Å². The predicted molar refractivity (Wildman–Crippen MR) is 89.2 cm³/mol. The molecule has 1 atom stereocenters. The average Bonchev–Trinajstić information content (AvgIpc) is 2.88. The molecule has 6 nitrogen and oxygen atoms in total. The van der Waals surface area contributed by atoms with E-state index >= 15 is 0 Å². The summed E-state index contributed by atoms with van der Waals surface area (Å²) in [6.07, 6.45) is -0.881. The molecule has 7 heteroatoms. The Morgan fingerprint density at radius 3 is 2.78 bits per heavy atom. The summed E-state index contributed by atoms with van der Waals surface area (Å²) in [6, 6.07) is 5.70. The highest BCUT2D eigenvalue weighted by Crippen LogP contribution is 2.31. The minimum absolute atomic E-state index is 0.132. The maximum absolute atomic E-state index is 11.5. The molecule has 1 amide bonds. The van der Waals surface area contributed by atoms with Crippen molar-refractivity contribution in [1.82, 2.24) is 9.88 Å². The SMILES string of the molecule is CC(C)(C)C1CN(c2nc3cc(Cl)ccc3o2)CCN1C(=O)O. The molecule has 0 radical (unpaired) electrons. The van der Waals surface area contributed by atoms with Gasteiger partial charge in [0.2, 0.25) is 0 Å². The van der Waals surface area contributed by atoms with Gasteiger partial charge >= 0.3 is 6.09 Å². The highest BCUT2D eigenvalue weighted by molar-refractivity contribution is 6.31. The number of rotatable bonds is 1. The highest BCUT2D eigenvalue weighted by Gasteiger charge is 2.39. The maximum Gasteiger partial charge on any atom is 0.407 e. The van der Waals surface area contributed by atoms with Crippen molar-refractivity contribution >= 4 is 34.8 Å². The number of fused-ring (bicyclic) bond motifs is 1. The molecule has 0 saturated carbocycles. The zero-order valence-electron chi connectivity index (χ0n) is 13.4. The van der Waals surface area contributed by atoms with E-state index in [2.05, 4.69) is 4.98 Å². The van der Waals surface area contributed by atoms with Crippen molar-refractivity contribution in [2.75, 3.05) is 24.5 Å². The van der Waals surface area contributed by atoms with Crippen LogP contribution in [0.25, 0.3) is 11.1 Å². The van der Waals surface area contributed by atoms with Gasteiger partial charge in [0.05, 0.1) is 6.04 Å². The van der Waals surface area contributed by atoms with Gasteiger partial charge in [0.25, 0.3) is 6.01 Å². The second-order valence-corrected chi connectivity index (χ2v) is 7.35. The van der Waals surface area contributed by atoms with Crippen LogP contribution in [0.4, 0.5) is 10.8 Å². The summed E-state index contributed by atoms with van der Waals surface area (Å²) in [7, 11) is 0. The van der Waals surface area contributed by atoms with Crippen LogP contribution < -0.4 is 4.90 Å². The Kier molecular flexibility index (Phi) is 3.88. The van der Waals surface area contributed by atoms with E-state index in [0.717, 1.165) is 0 Å². The van der Waals surface area contributed by atoms with Crippen molar-refractivity contribution in [3.8, 4) is 0 Å². The molecule has 124 valence electrons. The first kappa shape index (κ1) is 15.9. The largest absolute Gasteiger partial charge is 0.465 e. The minimum Gasteiger partial charge on any atom is -0.465 e. The fourth-order valence-corrected chi connectivity index (χ4v) is 3.12. The summed E-state index contributed by atoms with van der Waals surface area (Å²) >= 11 is 5.98. The second kappa shape index (κ2) is 5.60. The molecule has 2 heterocycles. The molecule has 1 aromatic carbocycles. The summed E-state index contributed by atoms with van der Waals surface area (Å²) in [4.78, 5) is 19.5. The monoisotopic (exact) mass is 337 g/mol. The number of benzene rings is 1. The lowest BCUT2D eigenvalue weighted by molar-refractivity contribution is 0.0737. The fourth-order valence-electron chi connectivity index (χ4n) is 2.95. The third-order valence-electron chi connectivity index (χ3n) is 4.23. The molecular formula is C16H20ClN3O3. The topological polar surface area (TPSA) is 69.8 Å². The van der Waals surface area contributed by atoms with Gasteiger partial charge in [-0.25, -0.2) is 4.79 Å². The number of carbonyl (C=O) groups is 1. The number of piperazine rings is 1. The molecule has 1 saturated heterocycles. The van der Waals surface area contributed by atoms with Crippen LogP contribution >= 0.6 is 11.6 Å². The Hall–Kier alpha value is -1.95. The van der Waals surface area contributed by atoms with Gasteiger partial charge in [-0.2, -0.15) is 4.98 Å². The van der Waals surface area contributed by atoms with Gasteiger partial charge in [-0.3, -0.25) is 0 Å². The number of amides is 1. The van der Waals surface area contributed by atoms with Crippen LogP contribution in [0.5, 0.6) is 0 Å². The van der Waals surface area contributed by atoms with Crippen LogP contribution in [-0.4, -0.2) is 46.8 Å². The number of carboxylic acid groups (broad SMARTS) is 1. The van der Waals surface area contributed by atoms with Gasteiger partial charge < -0.3 is 19.3 Å². The molecule has 1 aliphatic heterocycles.